The summed E-state index contributed by atoms with van der Waals surface area (Å²) >= 11 is 6.34. The summed E-state index contributed by atoms with van der Waals surface area (Å²) in [6.45, 7) is 3.63. The van der Waals surface area contributed by atoms with Gasteiger partial charge in [-0.25, -0.2) is 4.39 Å². The van der Waals surface area contributed by atoms with Crippen LogP contribution in [0.15, 0.2) is 24.3 Å². The molecule has 0 amide bonds. The second-order valence-electron chi connectivity index (χ2n) is 7.64. The third-order valence-electron chi connectivity index (χ3n) is 5.59. The molecule has 2 aromatic carbocycles. The van der Waals surface area contributed by atoms with E-state index in [1.165, 1.54) is 6.07 Å². The number of nitrogens with one attached hydrogen (secondary N) is 1. The molecule has 0 spiro atoms. The van der Waals surface area contributed by atoms with Crippen LogP contribution in [0.5, 0.6) is 17.2 Å². The van der Waals surface area contributed by atoms with Gasteiger partial charge >= 0.3 is 0 Å². The van der Waals surface area contributed by atoms with Gasteiger partial charge in [0.25, 0.3) is 0 Å². The molecule has 1 saturated carbocycles. The molecule has 0 bridgehead atoms. The van der Waals surface area contributed by atoms with E-state index in [1.54, 1.807) is 12.1 Å². The lowest BCUT2D eigenvalue weighted by Gasteiger charge is -2.33. The highest BCUT2D eigenvalue weighted by atomic mass is 35.5. The Bertz CT molecular complexity index is 899. The molecule has 2 fully saturated rings. The summed E-state index contributed by atoms with van der Waals surface area (Å²) in [4.78, 5) is 2.31. The van der Waals surface area contributed by atoms with Gasteiger partial charge in [-0.2, -0.15) is 0 Å². The van der Waals surface area contributed by atoms with Crippen molar-refractivity contribution in [3.05, 3.63) is 40.7 Å². The fourth-order valence-electron chi connectivity index (χ4n) is 3.96. The summed E-state index contributed by atoms with van der Waals surface area (Å²) in [6.07, 6.45) is 1.98. The first-order chi connectivity index (χ1) is 13.6. The molecular formula is C21H22ClFN2O3. The molecule has 148 valence electrons. The maximum Gasteiger partial charge on any atom is 0.177 e. The number of ether oxygens (including phenoxy) is 2. The molecule has 2 heterocycles. The third-order valence-corrected chi connectivity index (χ3v) is 5.90. The zero-order valence-corrected chi connectivity index (χ0v) is 16.1. The Morgan fingerprint density at radius 2 is 2.14 bits per heavy atom. The number of nitrogens with zero attached hydrogens (tertiary/aromatic N) is 1. The topological polar surface area (TPSA) is 54.0 Å². The fourth-order valence-corrected chi connectivity index (χ4v) is 4.22. The minimum atomic E-state index is -0.524. The van der Waals surface area contributed by atoms with E-state index in [0.29, 0.717) is 18.9 Å². The normalized spacial score (nSPS) is 22.0. The molecule has 3 aliphatic rings. The summed E-state index contributed by atoms with van der Waals surface area (Å²) in [6, 6.07) is 6.82. The zero-order valence-electron chi connectivity index (χ0n) is 15.4. The van der Waals surface area contributed by atoms with Crippen molar-refractivity contribution in [1.29, 1.82) is 0 Å². The van der Waals surface area contributed by atoms with Crippen LogP contribution in [0, 0.1) is 5.82 Å². The number of halogens is 2. The zero-order chi connectivity index (χ0) is 19.3. The molecule has 0 aromatic heterocycles. The van der Waals surface area contributed by atoms with Gasteiger partial charge in [-0.1, -0.05) is 17.7 Å². The quantitative estimate of drug-likeness (QED) is 0.819. The van der Waals surface area contributed by atoms with E-state index < -0.39 is 5.82 Å². The van der Waals surface area contributed by atoms with Crippen LogP contribution >= 0.6 is 11.6 Å². The third kappa shape index (κ3) is 3.19. The van der Waals surface area contributed by atoms with Crippen molar-refractivity contribution in [1.82, 2.24) is 10.2 Å². The van der Waals surface area contributed by atoms with Gasteiger partial charge in [0.05, 0.1) is 22.7 Å². The van der Waals surface area contributed by atoms with E-state index in [9.17, 15) is 5.11 Å². The maximum absolute atomic E-state index is 15.8. The SMILES string of the molecule is Oc1cccc(Cl)c1-c1c(OC2CC2)cc2c(c1F)OC[C@H]1CNCCN1C2. The van der Waals surface area contributed by atoms with E-state index in [1.807, 2.05) is 6.07 Å². The van der Waals surface area contributed by atoms with Crippen LogP contribution in [-0.4, -0.2) is 48.4 Å². The highest BCUT2D eigenvalue weighted by Gasteiger charge is 2.33. The molecule has 2 aromatic rings. The standard InChI is InChI=1S/C21H22ClFN2O3/c22-15-2-1-3-16(26)18(15)19-17(28-14-4-5-14)8-12-10-25-7-6-24-9-13(25)11-27-21(12)20(19)23/h1-3,8,13-14,24,26H,4-7,9-11H2/t13-/m1/s1. The minimum Gasteiger partial charge on any atom is -0.507 e. The van der Waals surface area contributed by atoms with E-state index in [4.69, 9.17) is 21.1 Å². The number of rotatable bonds is 3. The predicted octanol–water partition coefficient (Wildman–Crippen LogP) is 3.56. The van der Waals surface area contributed by atoms with Crippen molar-refractivity contribution in [2.45, 2.75) is 31.5 Å². The van der Waals surface area contributed by atoms with Gasteiger partial charge in [0.2, 0.25) is 0 Å². The van der Waals surface area contributed by atoms with Gasteiger partial charge in [-0.05, 0) is 31.0 Å². The van der Waals surface area contributed by atoms with E-state index in [-0.39, 0.29) is 39.8 Å². The smallest absolute Gasteiger partial charge is 0.177 e. The summed E-state index contributed by atoms with van der Waals surface area (Å²) in [5.41, 5.74) is 1.19. The monoisotopic (exact) mass is 404 g/mol. The number of benzene rings is 2. The molecule has 2 aliphatic heterocycles. The summed E-state index contributed by atoms with van der Waals surface area (Å²) in [5.74, 6) is 0.0396. The Morgan fingerprint density at radius 3 is 2.93 bits per heavy atom. The highest BCUT2D eigenvalue weighted by molar-refractivity contribution is 6.33. The molecule has 5 rings (SSSR count). The molecule has 28 heavy (non-hydrogen) atoms. The van der Waals surface area contributed by atoms with Crippen LogP contribution in [0.4, 0.5) is 4.39 Å². The maximum atomic E-state index is 15.8. The van der Waals surface area contributed by atoms with Gasteiger partial charge in [0, 0.05) is 37.3 Å². The van der Waals surface area contributed by atoms with Crippen LogP contribution in [0.1, 0.15) is 18.4 Å². The summed E-state index contributed by atoms with van der Waals surface area (Å²) < 4.78 is 27.8. The van der Waals surface area contributed by atoms with Crippen LogP contribution in [0.2, 0.25) is 5.02 Å². The number of phenolic OH excluding ortho intramolecular Hbond substituents is 1. The minimum absolute atomic E-state index is 0.0813. The Hall–Kier alpha value is -2.02. The number of aromatic hydroxyl groups is 1. The molecule has 7 heteroatoms. The Labute approximate surface area is 168 Å². The van der Waals surface area contributed by atoms with Gasteiger partial charge in [-0.3, -0.25) is 4.90 Å². The molecule has 0 radical (unpaired) electrons. The second-order valence-corrected chi connectivity index (χ2v) is 8.05. The fraction of sp³-hybridized carbons (Fsp3) is 0.429. The Balaban J connectivity index is 1.66. The first-order valence-corrected chi connectivity index (χ1v) is 10.1. The average Bonchev–Trinajstić information content (AvgIpc) is 3.50. The Morgan fingerprint density at radius 1 is 1.29 bits per heavy atom. The largest absolute Gasteiger partial charge is 0.507 e. The van der Waals surface area contributed by atoms with Crippen LogP contribution in [-0.2, 0) is 6.54 Å². The Kier molecular flexibility index (Phi) is 4.57. The predicted molar refractivity (Wildman–Crippen MR) is 105 cm³/mol. The van der Waals surface area contributed by atoms with Crippen molar-refractivity contribution < 1.29 is 19.0 Å². The number of hydrogen-bond donors (Lipinski definition) is 2. The van der Waals surface area contributed by atoms with Crippen LogP contribution in [0.25, 0.3) is 11.1 Å². The number of piperazine rings is 1. The lowest BCUT2D eigenvalue weighted by Crippen LogP contribution is -2.52. The van der Waals surface area contributed by atoms with E-state index >= 15 is 4.39 Å². The van der Waals surface area contributed by atoms with Crippen molar-refractivity contribution in [2.24, 2.45) is 0 Å². The van der Waals surface area contributed by atoms with Crippen molar-refractivity contribution in [3.63, 3.8) is 0 Å². The molecule has 0 unspecified atom stereocenters. The summed E-state index contributed by atoms with van der Waals surface area (Å²) in [7, 11) is 0. The van der Waals surface area contributed by atoms with Crippen LogP contribution < -0.4 is 14.8 Å². The molecule has 1 atom stereocenters. The highest BCUT2D eigenvalue weighted by Crippen LogP contribution is 2.48. The van der Waals surface area contributed by atoms with Crippen molar-refractivity contribution in [3.8, 4) is 28.4 Å². The number of fused-ring (bicyclic) bond motifs is 2. The molecule has 1 saturated heterocycles. The molecular weight excluding hydrogens is 383 g/mol. The van der Waals surface area contributed by atoms with Crippen molar-refractivity contribution >= 4 is 11.6 Å². The molecule has 5 nitrogen and oxygen atoms in total. The van der Waals surface area contributed by atoms with Gasteiger partial charge in [0.1, 0.15) is 18.1 Å². The van der Waals surface area contributed by atoms with Gasteiger partial charge in [0.15, 0.2) is 11.6 Å². The molecule has 2 N–H and O–H groups in total. The first-order valence-electron chi connectivity index (χ1n) is 9.69. The van der Waals surface area contributed by atoms with Gasteiger partial charge < -0.3 is 19.9 Å². The van der Waals surface area contributed by atoms with Crippen LogP contribution in [0.3, 0.4) is 0 Å². The number of phenols is 1. The lowest BCUT2D eigenvalue weighted by atomic mass is 9.99. The number of hydrogen-bond acceptors (Lipinski definition) is 5. The van der Waals surface area contributed by atoms with E-state index in [0.717, 1.165) is 38.0 Å². The van der Waals surface area contributed by atoms with Gasteiger partial charge in [-0.15, -0.1) is 0 Å². The lowest BCUT2D eigenvalue weighted by molar-refractivity contribution is 0.119. The summed E-state index contributed by atoms with van der Waals surface area (Å²) in [5, 5.41) is 14.0. The van der Waals surface area contributed by atoms with Crippen molar-refractivity contribution in [2.75, 3.05) is 26.2 Å². The average molecular weight is 405 g/mol. The van der Waals surface area contributed by atoms with E-state index in [2.05, 4.69) is 10.2 Å². The second kappa shape index (κ2) is 7.10. The first kappa shape index (κ1) is 18.0. The molecule has 1 aliphatic carbocycles.